The number of aromatic nitrogens is 1. The molecule has 0 spiro atoms. The number of oxazole rings is 1. The lowest BCUT2D eigenvalue weighted by molar-refractivity contribution is -0.124. The molecule has 0 unspecified atom stereocenters. The highest BCUT2D eigenvalue weighted by molar-refractivity contribution is 5.78. The van der Waals surface area contributed by atoms with Gasteiger partial charge in [-0.05, 0) is 0 Å². The van der Waals surface area contributed by atoms with E-state index in [-0.39, 0.29) is 5.91 Å². The van der Waals surface area contributed by atoms with Gasteiger partial charge in [-0.2, -0.15) is 0 Å². The summed E-state index contributed by atoms with van der Waals surface area (Å²) >= 11 is 0. The molecule has 1 N–H and O–H groups in total. The van der Waals surface area contributed by atoms with E-state index in [9.17, 15) is 4.79 Å². The average Bonchev–Trinajstić information content (AvgIpc) is 2.88. The zero-order valence-corrected chi connectivity index (χ0v) is 10.5. The van der Waals surface area contributed by atoms with Crippen molar-refractivity contribution in [1.29, 1.82) is 0 Å². The van der Waals surface area contributed by atoms with Crippen LogP contribution >= 0.6 is 0 Å². The summed E-state index contributed by atoms with van der Waals surface area (Å²) in [5.41, 5.74) is 1.01. The standard InChI is InChI=1S/C14H15N3O2/c18-13-9-17(7-6-15-13)10-14-16-8-12(19-14)11-4-2-1-3-5-11/h1-5,8H,6-7,9-10H2,(H,15,18). The molecule has 1 saturated heterocycles. The molecular weight excluding hydrogens is 242 g/mol. The Kier molecular flexibility index (Phi) is 3.29. The summed E-state index contributed by atoms with van der Waals surface area (Å²) < 4.78 is 5.72. The van der Waals surface area contributed by atoms with E-state index in [1.165, 1.54) is 0 Å². The lowest BCUT2D eigenvalue weighted by Gasteiger charge is -2.24. The maximum atomic E-state index is 11.3. The number of carbonyl (C=O) groups excluding carboxylic acids is 1. The molecule has 1 amide bonds. The number of amides is 1. The van der Waals surface area contributed by atoms with Gasteiger partial charge in [0.15, 0.2) is 5.76 Å². The van der Waals surface area contributed by atoms with Crippen molar-refractivity contribution in [2.24, 2.45) is 0 Å². The van der Waals surface area contributed by atoms with Crippen LogP contribution in [-0.2, 0) is 11.3 Å². The molecule has 2 aromatic rings. The third-order valence-electron chi connectivity index (χ3n) is 3.09. The first-order valence-corrected chi connectivity index (χ1v) is 6.30. The van der Waals surface area contributed by atoms with Crippen LogP contribution in [0.2, 0.25) is 0 Å². The summed E-state index contributed by atoms with van der Waals surface area (Å²) in [6.45, 7) is 2.49. The Morgan fingerprint density at radius 2 is 2.16 bits per heavy atom. The van der Waals surface area contributed by atoms with Crippen molar-refractivity contribution in [3.8, 4) is 11.3 Å². The van der Waals surface area contributed by atoms with Crippen LogP contribution in [0.25, 0.3) is 11.3 Å². The van der Waals surface area contributed by atoms with Crippen LogP contribution in [0.1, 0.15) is 5.89 Å². The predicted molar refractivity (Wildman–Crippen MR) is 70.2 cm³/mol. The Labute approximate surface area is 111 Å². The van der Waals surface area contributed by atoms with E-state index in [0.717, 1.165) is 17.9 Å². The van der Waals surface area contributed by atoms with Crippen LogP contribution in [0, 0.1) is 0 Å². The topological polar surface area (TPSA) is 58.4 Å². The van der Waals surface area contributed by atoms with Crippen molar-refractivity contribution < 1.29 is 9.21 Å². The van der Waals surface area contributed by atoms with Crippen molar-refractivity contribution in [3.05, 3.63) is 42.4 Å². The van der Waals surface area contributed by atoms with E-state index in [4.69, 9.17) is 4.42 Å². The molecule has 98 valence electrons. The molecule has 1 fully saturated rings. The number of piperazine rings is 1. The second-order valence-corrected chi connectivity index (χ2v) is 4.54. The van der Waals surface area contributed by atoms with Gasteiger partial charge < -0.3 is 9.73 Å². The first-order valence-electron chi connectivity index (χ1n) is 6.30. The predicted octanol–water partition coefficient (Wildman–Crippen LogP) is 1.27. The van der Waals surface area contributed by atoms with Gasteiger partial charge in [0.05, 0.1) is 19.3 Å². The van der Waals surface area contributed by atoms with Crippen molar-refractivity contribution in [3.63, 3.8) is 0 Å². The molecule has 19 heavy (non-hydrogen) atoms. The van der Waals surface area contributed by atoms with Crippen molar-refractivity contribution in [2.75, 3.05) is 19.6 Å². The molecule has 1 aromatic carbocycles. The van der Waals surface area contributed by atoms with E-state index in [0.29, 0.717) is 25.5 Å². The van der Waals surface area contributed by atoms with E-state index in [2.05, 4.69) is 10.3 Å². The summed E-state index contributed by atoms with van der Waals surface area (Å²) in [6, 6.07) is 9.86. The molecule has 0 atom stereocenters. The summed E-state index contributed by atoms with van der Waals surface area (Å²) in [7, 11) is 0. The fourth-order valence-electron chi connectivity index (χ4n) is 2.14. The normalized spacial score (nSPS) is 16.3. The third-order valence-corrected chi connectivity index (χ3v) is 3.09. The highest BCUT2D eigenvalue weighted by Crippen LogP contribution is 2.20. The van der Waals surface area contributed by atoms with Crippen molar-refractivity contribution in [2.45, 2.75) is 6.54 Å². The maximum absolute atomic E-state index is 11.3. The average molecular weight is 257 g/mol. The molecular formula is C14H15N3O2. The Morgan fingerprint density at radius 1 is 1.32 bits per heavy atom. The largest absolute Gasteiger partial charge is 0.439 e. The zero-order chi connectivity index (χ0) is 13.1. The minimum absolute atomic E-state index is 0.0566. The van der Waals surface area contributed by atoms with Gasteiger partial charge in [0, 0.05) is 18.7 Å². The number of benzene rings is 1. The van der Waals surface area contributed by atoms with Crippen LogP contribution in [-0.4, -0.2) is 35.4 Å². The van der Waals surface area contributed by atoms with Crippen LogP contribution in [0.4, 0.5) is 0 Å². The number of hydrogen-bond donors (Lipinski definition) is 1. The lowest BCUT2D eigenvalue weighted by atomic mass is 10.2. The molecule has 3 rings (SSSR count). The van der Waals surface area contributed by atoms with Gasteiger partial charge in [0.1, 0.15) is 0 Å². The van der Waals surface area contributed by atoms with Gasteiger partial charge in [-0.15, -0.1) is 0 Å². The summed E-state index contributed by atoms with van der Waals surface area (Å²) in [6.07, 6.45) is 1.73. The number of rotatable bonds is 3. The second kappa shape index (κ2) is 5.24. The second-order valence-electron chi connectivity index (χ2n) is 4.54. The fourth-order valence-corrected chi connectivity index (χ4v) is 2.14. The monoisotopic (exact) mass is 257 g/mol. The van der Waals surface area contributed by atoms with E-state index in [1.807, 2.05) is 35.2 Å². The Morgan fingerprint density at radius 3 is 2.95 bits per heavy atom. The maximum Gasteiger partial charge on any atom is 0.234 e. The molecule has 0 saturated carbocycles. The third kappa shape index (κ3) is 2.82. The highest BCUT2D eigenvalue weighted by atomic mass is 16.4. The van der Waals surface area contributed by atoms with Crippen molar-refractivity contribution >= 4 is 5.91 Å². The molecule has 5 heteroatoms. The van der Waals surface area contributed by atoms with Crippen LogP contribution < -0.4 is 5.32 Å². The molecule has 1 aliphatic heterocycles. The van der Waals surface area contributed by atoms with Crippen LogP contribution in [0.3, 0.4) is 0 Å². The Bertz CT molecular complexity index is 565. The Hall–Kier alpha value is -2.14. The molecule has 2 heterocycles. The highest BCUT2D eigenvalue weighted by Gasteiger charge is 2.18. The van der Waals surface area contributed by atoms with Gasteiger partial charge in [0.2, 0.25) is 11.8 Å². The van der Waals surface area contributed by atoms with Gasteiger partial charge in [-0.3, -0.25) is 9.69 Å². The fraction of sp³-hybridized carbons (Fsp3) is 0.286. The summed E-state index contributed by atoms with van der Waals surface area (Å²) in [5.74, 6) is 1.46. The number of carbonyl (C=O) groups is 1. The first kappa shape index (κ1) is 11.9. The Balaban J connectivity index is 1.70. The van der Waals surface area contributed by atoms with Gasteiger partial charge >= 0.3 is 0 Å². The minimum atomic E-state index is 0.0566. The van der Waals surface area contributed by atoms with Gasteiger partial charge in [-0.1, -0.05) is 30.3 Å². The minimum Gasteiger partial charge on any atom is -0.439 e. The molecule has 0 radical (unpaired) electrons. The molecule has 1 aliphatic rings. The van der Waals surface area contributed by atoms with Gasteiger partial charge in [-0.25, -0.2) is 4.98 Å². The van der Waals surface area contributed by atoms with E-state index in [1.54, 1.807) is 6.20 Å². The molecule has 1 aromatic heterocycles. The summed E-state index contributed by atoms with van der Waals surface area (Å²) in [4.78, 5) is 17.6. The molecule has 0 aliphatic carbocycles. The lowest BCUT2D eigenvalue weighted by Crippen LogP contribution is -2.47. The number of hydrogen-bond acceptors (Lipinski definition) is 4. The SMILES string of the molecule is O=C1CN(Cc2ncc(-c3ccccc3)o2)CCN1. The first-order chi connectivity index (χ1) is 9.31. The van der Waals surface area contributed by atoms with Crippen LogP contribution in [0.5, 0.6) is 0 Å². The number of nitrogens with one attached hydrogen (secondary N) is 1. The molecule has 0 bridgehead atoms. The van der Waals surface area contributed by atoms with Gasteiger partial charge in [0.25, 0.3) is 0 Å². The zero-order valence-electron chi connectivity index (χ0n) is 10.5. The van der Waals surface area contributed by atoms with Crippen molar-refractivity contribution in [1.82, 2.24) is 15.2 Å². The quantitative estimate of drug-likeness (QED) is 0.899. The molecule has 5 nitrogen and oxygen atoms in total. The smallest absolute Gasteiger partial charge is 0.234 e. The summed E-state index contributed by atoms with van der Waals surface area (Å²) in [5, 5.41) is 2.80. The van der Waals surface area contributed by atoms with E-state index >= 15 is 0 Å². The number of nitrogens with zero attached hydrogens (tertiary/aromatic N) is 2. The van der Waals surface area contributed by atoms with E-state index < -0.39 is 0 Å². The van der Waals surface area contributed by atoms with Crippen LogP contribution in [0.15, 0.2) is 40.9 Å².